The van der Waals surface area contributed by atoms with E-state index >= 15 is 0 Å². The topological polar surface area (TPSA) is 102 Å². The van der Waals surface area contributed by atoms with Crippen molar-refractivity contribution >= 4 is 17.5 Å². The smallest absolute Gasteiger partial charge is 0.223 e. The molecule has 0 aromatic carbocycles. The van der Waals surface area contributed by atoms with Crippen LogP contribution in [0.3, 0.4) is 0 Å². The van der Waals surface area contributed by atoms with Crippen LogP contribution < -0.4 is 10.6 Å². The van der Waals surface area contributed by atoms with Crippen molar-refractivity contribution in [1.82, 2.24) is 25.3 Å². The summed E-state index contributed by atoms with van der Waals surface area (Å²) in [6, 6.07) is 5.56. The Labute approximate surface area is 146 Å². The zero-order valence-electron chi connectivity index (χ0n) is 14.2. The number of rotatable bonds is 6. The monoisotopic (exact) mass is 342 g/mol. The molecule has 2 aromatic heterocycles. The van der Waals surface area contributed by atoms with Gasteiger partial charge >= 0.3 is 0 Å². The molecule has 2 heterocycles. The van der Waals surface area contributed by atoms with Gasteiger partial charge in [-0.15, -0.1) is 10.2 Å². The van der Waals surface area contributed by atoms with Gasteiger partial charge in [0.05, 0.1) is 5.69 Å². The second kappa shape index (κ2) is 7.87. The summed E-state index contributed by atoms with van der Waals surface area (Å²) < 4.78 is 1.67. The quantitative estimate of drug-likeness (QED) is 0.766. The Morgan fingerprint density at radius 3 is 2.64 bits per heavy atom. The second-order valence-electron chi connectivity index (χ2n) is 6.21. The Kier molecular flexibility index (Phi) is 5.37. The molecule has 2 N–H and O–H groups in total. The highest BCUT2D eigenvalue weighted by Crippen LogP contribution is 2.21. The SMILES string of the molecule is Cc1ccn(-c2ccc(NCCNC(=O)C3CCC(=O)CC3)nn2)n1. The summed E-state index contributed by atoms with van der Waals surface area (Å²) >= 11 is 0. The lowest BCUT2D eigenvalue weighted by Crippen LogP contribution is -2.36. The lowest BCUT2D eigenvalue weighted by Gasteiger charge is -2.20. The fourth-order valence-electron chi connectivity index (χ4n) is 2.81. The number of aromatic nitrogens is 4. The molecule has 1 aliphatic rings. The molecule has 8 nitrogen and oxygen atoms in total. The minimum atomic E-state index is -0.0331. The molecule has 1 aliphatic carbocycles. The standard InChI is InChI=1S/C17H22N6O2/c1-12-8-11-23(22-12)16-7-6-15(20-21-16)18-9-10-19-17(25)13-2-4-14(24)5-3-13/h6-8,11,13H,2-5,9-10H2,1H3,(H,18,20)(H,19,25). The van der Waals surface area contributed by atoms with Gasteiger partial charge in [-0.05, 0) is 38.0 Å². The van der Waals surface area contributed by atoms with Crippen molar-refractivity contribution in [1.29, 1.82) is 0 Å². The third-order valence-electron chi connectivity index (χ3n) is 4.25. The molecular formula is C17H22N6O2. The number of hydrogen-bond acceptors (Lipinski definition) is 6. The molecule has 1 saturated carbocycles. The number of nitrogens with zero attached hydrogens (tertiary/aromatic N) is 4. The lowest BCUT2D eigenvalue weighted by molar-refractivity contribution is -0.128. The van der Waals surface area contributed by atoms with Crippen LogP contribution in [0.15, 0.2) is 24.4 Å². The average Bonchev–Trinajstić information content (AvgIpc) is 3.06. The van der Waals surface area contributed by atoms with Crippen LogP contribution in [0.25, 0.3) is 5.82 Å². The normalized spacial score (nSPS) is 15.2. The van der Waals surface area contributed by atoms with E-state index in [1.807, 2.05) is 31.3 Å². The van der Waals surface area contributed by atoms with Gasteiger partial charge in [-0.3, -0.25) is 9.59 Å². The number of carbonyl (C=O) groups is 2. The maximum absolute atomic E-state index is 12.0. The number of nitrogens with one attached hydrogen (secondary N) is 2. The molecule has 0 radical (unpaired) electrons. The zero-order valence-corrected chi connectivity index (χ0v) is 14.2. The predicted octanol–water partition coefficient (Wildman–Crippen LogP) is 1.26. The van der Waals surface area contributed by atoms with Gasteiger partial charge in [-0.1, -0.05) is 0 Å². The third-order valence-corrected chi connectivity index (χ3v) is 4.25. The molecule has 25 heavy (non-hydrogen) atoms. The van der Waals surface area contributed by atoms with Crippen molar-refractivity contribution < 1.29 is 9.59 Å². The molecule has 1 fully saturated rings. The number of aryl methyl sites for hydroxylation is 1. The van der Waals surface area contributed by atoms with E-state index in [9.17, 15) is 9.59 Å². The fraction of sp³-hybridized carbons (Fsp3) is 0.471. The van der Waals surface area contributed by atoms with Gasteiger partial charge in [0.25, 0.3) is 0 Å². The molecule has 1 amide bonds. The molecule has 3 rings (SSSR count). The van der Waals surface area contributed by atoms with Gasteiger partial charge in [0.2, 0.25) is 5.91 Å². The first kappa shape index (κ1) is 17.1. The summed E-state index contributed by atoms with van der Waals surface area (Å²) in [6.07, 6.45) is 4.21. The number of hydrogen-bond donors (Lipinski definition) is 2. The summed E-state index contributed by atoms with van der Waals surface area (Å²) in [7, 11) is 0. The highest BCUT2D eigenvalue weighted by molar-refractivity contribution is 5.84. The molecule has 0 bridgehead atoms. The van der Waals surface area contributed by atoms with Crippen LogP contribution in [-0.4, -0.2) is 44.8 Å². The van der Waals surface area contributed by atoms with E-state index in [1.54, 1.807) is 4.68 Å². The Morgan fingerprint density at radius 2 is 2.00 bits per heavy atom. The molecule has 0 unspecified atom stereocenters. The van der Waals surface area contributed by atoms with Crippen molar-refractivity contribution in [2.24, 2.45) is 5.92 Å². The van der Waals surface area contributed by atoms with Gasteiger partial charge in [-0.2, -0.15) is 5.10 Å². The number of carbonyl (C=O) groups excluding carboxylic acids is 2. The largest absolute Gasteiger partial charge is 0.367 e. The van der Waals surface area contributed by atoms with Gasteiger partial charge < -0.3 is 10.6 Å². The average molecular weight is 342 g/mol. The Hall–Kier alpha value is -2.77. The lowest BCUT2D eigenvalue weighted by atomic mass is 9.88. The highest BCUT2D eigenvalue weighted by atomic mass is 16.2. The van der Waals surface area contributed by atoms with Crippen LogP contribution in [0.5, 0.6) is 0 Å². The van der Waals surface area contributed by atoms with Crippen LogP contribution >= 0.6 is 0 Å². The van der Waals surface area contributed by atoms with Crippen molar-refractivity contribution in [3.05, 3.63) is 30.1 Å². The number of ketones is 1. The van der Waals surface area contributed by atoms with E-state index < -0.39 is 0 Å². The summed E-state index contributed by atoms with van der Waals surface area (Å²) in [5.74, 6) is 1.56. The van der Waals surface area contributed by atoms with Crippen molar-refractivity contribution in [2.45, 2.75) is 32.6 Å². The van der Waals surface area contributed by atoms with Crippen LogP contribution in [0.1, 0.15) is 31.4 Å². The van der Waals surface area contributed by atoms with Crippen molar-refractivity contribution in [3.63, 3.8) is 0 Å². The molecule has 0 spiro atoms. The van der Waals surface area contributed by atoms with Gasteiger partial charge in [-0.25, -0.2) is 4.68 Å². The molecule has 8 heteroatoms. The van der Waals surface area contributed by atoms with E-state index in [4.69, 9.17) is 0 Å². The fourth-order valence-corrected chi connectivity index (χ4v) is 2.81. The first-order valence-electron chi connectivity index (χ1n) is 8.51. The molecular weight excluding hydrogens is 320 g/mol. The first-order chi connectivity index (χ1) is 12.1. The van der Waals surface area contributed by atoms with E-state index in [1.165, 1.54) is 0 Å². The Bertz CT molecular complexity index is 730. The molecule has 0 aliphatic heterocycles. The molecule has 0 atom stereocenters. The van der Waals surface area contributed by atoms with Crippen LogP contribution in [0, 0.1) is 12.8 Å². The van der Waals surface area contributed by atoms with E-state index in [0.29, 0.717) is 50.4 Å². The molecule has 132 valence electrons. The summed E-state index contributed by atoms with van der Waals surface area (Å²) in [5, 5.41) is 18.5. The van der Waals surface area contributed by atoms with Crippen molar-refractivity contribution in [2.75, 3.05) is 18.4 Å². The Morgan fingerprint density at radius 1 is 1.20 bits per heavy atom. The predicted molar refractivity (Wildman–Crippen MR) is 92.4 cm³/mol. The molecule has 2 aromatic rings. The van der Waals surface area contributed by atoms with E-state index in [-0.39, 0.29) is 17.6 Å². The maximum Gasteiger partial charge on any atom is 0.223 e. The second-order valence-corrected chi connectivity index (χ2v) is 6.21. The summed E-state index contributed by atoms with van der Waals surface area (Å²) in [4.78, 5) is 23.2. The van der Waals surface area contributed by atoms with E-state index in [2.05, 4.69) is 25.9 Å². The minimum Gasteiger partial charge on any atom is -0.367 e. The number of Topliss-reactive ketones (excluding diaryl/α,β-unsaturated/α-hetero) is 1. The number of anilines is 1. The van der Waals surface area contributed by atoms with Gasteiger partial charge in [0.1, 0.15) is 11.6 Å². The van der Waals surface area contributed by atoms with E-state index in [0.717, 1.165) is 5.69 Å². The van der Waals surface area contributed by atoms with Crippen LogP contribution in [0.4, 0.5) is 5.82 Å². The highest BCUT2D eigenvalue weighted by Gasteiger charge is 2.24. The first-order valence-corrected chi connectivity index (χ1v) is 8.51. The third kappa shape index (κ3) is 4.62. The maximum atomic E-state index is 12.0. The number of amides is 1. The van der Waals surface area contributed by atoms with Crippen LogP contribution in [0.2, 0.25) is 0 Å². The zero-order chi connectivity index (χ0) is 17.6. The van der Waals surface area contributed by atoms with Crippen molar-refractivity contribution in [3.8, 4) is 5.82 Å². The van der Waals surface area contributed by atoms with Gasteiger partial charge in [0, 0.05) is 38.0 Å². The van der Waals surface area contributed by atoms with Gasteiger partial charge in [0.15, 0.2) is 5.82 Å². The summed E-state index contributed by atoms with van der Waals surface area (Å²) in [6.45, 7) is 2.98. The summed E-state index contributed by atoms with van der Waals surface area (Å²) in [5.41, 5.74) is 0.919. The Balaban J connectivity index is 1.40. The molecule has 0 saturated heterocycles. The van der Waals surface area contributed by atoms with Crippen LogP contribution in [-0.2, 0) is 9.59 Å². The minimum absolute atomic E-state index is 0.0322.